The first kappa shape index (κ1) is 11.3. The van der Waals surface area contributed by atoms with Crippen molar-refractivity contribution in [3.8, 4) is 11.4 Å². The van der Waals surface area contributed by atoms with Crippen LogP contribution in [-0.2, 0) is 0 Å². The highest BCUT2D eigenvalue weighted by atomic mass is 16.5. The van der Waals surface area contributed by atoms with Gasteiger partial charge in [-0.15, -0.1) is 0 Å². The Labute approximate surface area is 106 Å². The van der Waals surface area contributed by atoms with Gasteiger partial charge in [-0.25, -0.2) is 0 Å². The lowest BCUT2D eigenvalue weighted by Gasteiger charge is -2.25. The number of piperidine rings is 1. The Kier molecular flexibility index (Phi) is 3.06. The van der Waals surface area contributed by atoms with Crippen molar-refractivity contribution in [2.24, 2.45) is 0 Å². The Morgan fingerprint density at radius 1 is 1.44 bits per heavy atom. The molecule has 5 nitrogen and oxygen atoms in total. The Morgan fingerprint density at radius 3 is 3.17 bits per heavy atom. The molecule has 1 N–H and O–H groups in total. The molecule has 2 aromatic heterocycles. The van der Waals surface area contributed by atoms with E-state index in [0.29, 0.717) is 17.8 Å². The summed E-state index contributed by atoms with van der Waals surface area (Å²) < 4.78 is 5.39. The summed E-state index contributed by atoms with van der Waals surface area (Å²) in [6, 6.07) is 4.32. The van der Waals surface area contributed by atoms with Gasteiger partial charge >= 0.3 is 0 Å². The molecule has 0 bridgehead atoms. The first-order chi connectivity index (χ1) is 8.83. The van der Waals surface area contributed by atoms with Gasteiger partial charge in [0.15, 0.2) is 0 Å². The Hall–Kier alpha value is -1.75. The maximum absolute atomic E-state index is 5.39. The lowest BCUT2D eigenvalue weighted by atomic mass is 9.93. The Balaban J connectivity index is 1.81. The van der Waals surface area contributed by atoms with Crippen LogP contribution in [0.4, 0.5) is 0 Å². The highest BCUT2D eigenvalue weighted by molar-refractivity contribution is 5.51. The third kappa shape index (κ3) is 2.26. The summed E-state index contributed by atoms with van der Waals surface area (Å²) in [4.78, 5) is 8.56. The second kappa shape index (κ2) is 4.86. The van der Waals surface area contributed by atoms with Gasteiger partial charge in [0.1, 0.15) is 0 Å². The molecule has 0 aliphatic carbocycles. The summed E-state index contributed by atoms with van der Waals surface area (Å²) in [6.07, 6.45) is 5.59. The van der Waals surface area contributed by atoms with Crippen molar-refractivity contribution in [3.63, 3.8) is 0 Å². The van der Waals surface area contributed by atoms with Gasteiger partial charge in [0.2, 0.25) is 11.7 Å². The minimum absolute atomic E-state index is 0.374. The molecule has 94 valence electrons. The van der Waals surface area contributed by atoms with Gasteiger partial charge in [0.05, 0.1) is 0 Å². The molecular weight excluding hydrogens is 228 g/mol. The van der Waals surface area contributed by atoms with Crippen LogP contribution in [0.25, 0.3) is 11.4 Å². The standard InChI is InChI=1S/C13H16N4O/c1-9-7-10(4-6-15-9)13-16-12(17-18-13)11-3-2-5-14-8-11/h2-3,5,8-10,15H,4,6-7H2,1H3. The van der Waals surface area contributed by atoms with Crippen LogP contribution in [0.3, 0.4) is 0 Å². The van der Waals surface area contributed by atoms with E-state index in [1.807, 2.05) is 12.1 Å². The number of hydrogen-bond donors (Lipinski definition) is 1. The highest BCUT2D eigenvalue weighted by Crippen LogP contribution is 2.27. The normalized spacial score (nSPS) is 24.1. The number of hydrogen-bond acceptors (Lipinski definition) is 5. The van der Waals surface area contributed by atoms with Crippen LogP contribution in [0.5, 0.6) is 0 Å². The van der Waals surface area contributed by atoms with Crippen LogP contribution in [0, 0.1) is 0 Å². The van der Waals surface area contributed by atoms with Gasteiger partial charge in [-0.05, 0) is 38.4 Å². The smallest absolute Gasteiger partial charge is 0.230 e. The van der Waals surface area contributed by atoms with Crippen molar-refractivity contribution in [2.75, 3.05) is 6.54 Å². The van der Waals surface area contributed by atoms with Crippen molar-refractivity contribution in [2.45, 2.75) is 31.7 Å². The molecule has 0 spiro atoms. The SMILES string of the molecule is CC1CC(c2nc(-c3cccnc3)no2)CCN1. The summed E-state index contributed by atoms with van der Waals surface area (Å²) in [7, 11) is 0. The van der Waals surface area contributed by atoms with Gasteiger partial charge in [-0.1, -0.05) is 5.16 Å². The van der Waals surface area contributed by atoms with E-state index < -0.39 is 0 Å². The molecule has 3 rings (SSSR count). The molecule has 0 aromatic carbocycles. The van der Waals surface area contributed by atoms with Gasteiger partial charge in [-0.3, -0.25) is 4.98 Å². The van der Waals surface area contributed by atoms with Crippen molar-refractivity contribution in [3.05, 3.63) is 30.4 Å². The largest absolute Gasteiger partial charge is 0.339 e. The topological polar surface area (TPSA) is 63.8 Å². The molecule has 0 amide bonds. The number of rotatable bonds is 2. The fraction of sp³-hybridized carbons (Fsp3) is 0.462. The lowest BCUT2D eigenvalue weighted by molar-refractivity contribution is 0.295. The summed E-state index contributed by atoms with van der Waals surface area (Å²) in [5.74, 6) is 1.76. The van der Waals surface area contributed by atoms with Crippen molar-refractivity contribution in [1.82, 2.24) is 20.4 Å². The maximum Gasteiger partial charge on any atom is 0.230 e. The molecule has 1 saturated heterocycles. The van der Waals surface area contributed by atoms with Gasteiger partial charge in [0, 0.05) is 29.9 Å². The average Bonchev–Trinajstić information content (AvgIpc) is 2.89. The molecule has 5 heteroatoms. The van der Waals surface area contributed by atoms with Crippen LogP contribution in [0.1, 0.15) is 31.6 Å². The number of pyridine rings is 1. The molecule has 1 aliphatic rings. The molecule has 1 aliphatic heterocycles. The zero-order valence-electron chi connectivity index (χ0n) is 10.3. The molecule has 0 saturated carbocycles. The first-order valence-electron chi connectivity index (χ1n) is 6.30. The van der Waals surface area contributed by atoms with Crippen molar-refractivity contribution in [1.29, 1.82) is 0 Å². The van der Waals surface area contributed by atoms with Crippen molar-refractivity contribution >= 4 is 0 Å². The van der Waals surface area contributed by atoms with Gasteiger partial charge < -0.3 is 9.84 Å². The summed E-state index contributed by atoms with van der Waals surface area (Å²) in [6.45, 7) is 3.20. The third-order valence-corrected chi connectivity index (χ3v) is 3.33. The Bertz CT molecular complexity index is 511. The predicted molar refractivity (Wildman–Crippen MR) is 67.0 cm³/mol. The average molecular weight is 244 g/mol. The summed E-state index contributed by atoms with van der Waals surface area (Å²) in [5, 5.41) is 7.46. The van der Waals surface area contributed by atoms with E-state index in [1.54, 1.807) is 12.4 Å². The molecule has 2 atom stereocenters. The fourth-order valence-electron chi connectivity index (χ4n) is 2.37. The molecule has 2 aromatic rings. The monoisotopic (exact) mass is 244 g/mol. The molecule has 2 unspecified atom stereocenters. The Morgan fingerprint density at radius 2 is 2.39 bits per heavy atom. The molecule has 18 heavy (non-hydrogen) atoms. The van der Waals surface area contributed by atoms with Crippen LogP contribution in [0.15, 0.2) is 29.0 Å². The highest BCUT2D eigenvalue weighted by Gasteiger charge is 2.25. The lowest BCUT2D eigenvalue weighted by Crippen LogP contribution is -2.34. The van der Waals surface area contributed by atoms with E-state index in [2.05, 4.69) is 27.4 Å². The molecular formula is C13H16N4O. The summed E-state index contributed by atoms with van der Waals surface area (Å²) in [5.41, 5.74) is 0.898. The zero-order chi connectivity index (χ0) is 12.4. The van der Waals surface area contributed by atoms with Gasteiger partial charge in [0.25, 0.3) is 0 Å². The van der Waals surface area contributed by atoms with E-state index in [-0.39, 0.29) is 0 Å². The second-order valence-electron chi connectivity index (χ2n) is 4.77. The molecule has 3 heterocycles. The fourth-order valence-corrected chi connectivity index (χ4v) is 2.37. The minimum atomic E-state index is 0.374. The zero-order valence-corrected chi connectivity index (χ0v) is 10.3. The number of nitrogens with zero attached hydrogens (tertiary/aromatic N) is 3. The van der Waals surface area contributed by atoms with E-state index in [9.17, 15) is 0 Å². The second-order valence-corrected chi connectivity index (χ2v) is 4.77. The minimum Gasteiger partial charge on any atom is -0.339 e. The van der Waals surface area contributed by atoms with E-state index >= 15 is 0 Å². The molecule has 1 fully saturated rings. The van der Waals surface area contributed by atoms with Crippen LogP contribution >= 0.6 is 0 Å². The van der Waals surface area contributed by atoms with E-state index in [0.717, 1.165) is 30.8 Å². The van der Waals surface area contributed by atoms with Crippen molar-refractivity contribution < 1.29 is 4.52 Å². The van der Waals surface area contributed by atoms with Gasteiger partial charge in [-0.2, -0.15) is 4.98 Å². The first-order valence-corrected chi connectivity index (χ1v) is 6.30. The maximum atomic E-state index is 5.39. The predicted octanol–water partition coefficient (Wildman–Crippen LogP) is 1.99. The third-order valence-electron chi connectivity index (χ3n) is 3.33. The number of nitrogens with one attached hydrogen (secondary N) is 1. The van der Waals surface area contributed by atoms with Crippen LogP contribution < -0.4 is 5.32 Å². The molecule has 0 radical (unpaired) electrons. The van der Waals surface area contributed by atoms with Crippen LogP contribution in [-0.4, -0.2) is 27.7 Å². The van der Waals surface area contributed by atoms with Crippen LogP contribution in [0.2, 0.25) is 0 Å². The van der Waals surface area contributed by atoms with E-state index in [1.165, 1.54) is 0 Å². The van der Waals surface area contributed by atoms with E-state index in [4.69, 9.17) is 4.52 Å². The summed E-state index contributed by atoms with van der Waals surface area (Å²) >= 11 is 0. The number of aromatic nitrogens is 3. The quantitative estimate of drug-likeness (QED) is 0.875.